The maximum absolute atomic E-state index is 5.97. The van der Waals surface area contributed by atoms with Crippen LogP contribution in [0.3, 0.4) is 0 Å². The van der Waals surface area contributed by atoms with Gasteiger partial charge in [0, 0.05) is 28.2 Å². The monoisotopic (exact) mass is 327 g/mol. The van der Waals surface area contributed by atoms with Crippen molar-refractivity contribution >= 4 is 39.5 Å². The Balaban J connectivity index is 2.00. The number of halogens is 2. The van der Waals surface area contributed by atoms with Crippen LogP contribution in [0.5, 0.6) is 11.6 Å². The summed E-state index contributed by atoms with van der Waals surface area (Å²) in [4.78, 5) is 5.37. The van der Waals surface area contributed by atoms with Crippen LogP contribution in [0.1, 0.15) is 5.69 Å². The normalized spacial score (nSPS) is 11.2. The third-order valence-electron chi connectivity index (χ3n) is 2.72. The number of thiazole rings is 1. The van der Waals surface area contributed by atoms with Crippen molar-refractivity contribution in [1.29, 1.82) is 0 Å². The molecule has 4 nitrogen and oxygen atoms in total. The molecule has 1 aromatic carbocycles. The topological polar surface area (TPSA) is 38.6 Å². The van der Waals surface area contributed by atoms with E-state index in [1.165, 1.54) is 0 Å². The Bertz CT molecular complexity index is 733. The summed E-state index contributed by atoms with van der Waals surface area (Å²) in [5.74, 6) is 1.13. The van der Waals surface area contributed by atoms with Gasteiger partial charge in [0.05, 0.1) is 0 Å². The molecule has 104 valence electrons. The molecular weight excluding hydrogens is 317 g/mol. The minimum Gasteiger partial charge on any atom is -0.437 e. The summed E-state index contributed by atoms with van der Waals surface area (Å²) in [6.07, 6.45) is 1.97. The van der Waals surface area contributed by atoms with Gasteiger partial charge in [0.15, 0.2) is 4.96 Å². The average Bonchev–Trinajstić information content (AvgIpc) is 2.92. The highest BCUT2D eigenvalue weighted by atomic mass is 35.5. The average molecular weight is 328 g/mol. The zero-order valence-corrected chi connectivity index (χ0v) is 12.9. The molecular formula is C13H11Cl2N3OS. The van der Waals surface area contributed by atoms with Crippen molar-refractivity contribution in [3.05, 3.63) is 45.5 Å². The highest BCUT2D eigenvalue weighted by Crippen LogP contribution is 2.31. The third kappa shape index (κ3) is 2.62. The standard InChI is InChI=1S/C13H11Cl2N3OS/c1-16-7-11-12(17-13-18(11)2-3-20-13)19-10-5-8(14)4-9(15)6-10/h2-6,16H,7H2,1H3. The maximum Gasteiger partial charge on any atom is 0.243 e. The zero-order chi connectivity index (χ0) is 14.1. The van der Waals surface area contributed by atoms with Crippen LogP contribution in [0.25, 0.3) is 4.96 Å². The van der Waals surface area contributed by atoms with Crippen LogP contribution >= 0.6 is 34.5 Å². The van der Waals surface area contributed by atoms with Crippen molar-refractivity contribution in [2.24, 2.45) is 0 Å². The Kier molecular flexibility index (Phi) is 3.85. The molecule has 0 radical (unpaired) electrons. The first kappa shape index (κ1) is 13.7. The lowest BCUT2D eigenvalue weighted by Crippen LogP contribution is -2.08. The van der Waals surface area contributed by atoms with Crippen LogP contribution in [0.2, 0.25) is 10.0 Å². The quantitative estimate of drug-likeness (QED) is 0.779. The first-order chi connectivity index (χ1) is 9.67. The van der Waals surface area contributed by atoms with Crippen LogP contribution < -0.4 is 10.1 Å². The number of hydrogen-bond acceptors (Lipinski definition) is 4. The molecule has 0 amide bonds. The number of rotatable bonds is 4. The molecule has 0 aliphatic rings. The molecule has 1 N–H and O–H groups in total. The van der Waals surface area contributed by atoms with E-state index < -0.39 is 0 Å². The lowest BCUT2D eigenvalue weighted by Gasteiger charge is -2.06. The minimum atomic E-state index is 0.531. The molecule has 0 saturated carbocycles. The SMILES string of the molecule is CNCc1c(Oc2cc(Cl)cc(Cl)c2)nc2sccn12. The van der Waals surface area contributed by atoms with Gasteiger partial charge in [-0.15, -0.1) is 11.3 Å². The fourth-order valence-corrected chi connectivity index (χ4v) is 3.15. The Morgan fingerprint density at radius 1 is 1.30 bits per heavy atom. The molecule has 0 saturated heterocycles. The number of ether oxygens (including phenoxy) is 1. The zero-order valence-electron chi connectivity index (χ0n) is 10.6. The van der Waals surface area contributed by atoms with Gasteiger partial charge in [-0.3, -0.25) is 4.40 Å². The van der Waals surface area contributed by atoms with E-state index in [-0.39, 0.29) is 0 Å². The smallest absolute Gasteiger partial charge is 0.243 e. The molecule has 0 unspecified atom stereocenters. The van der Waals surface area contributed by atoms with Gasteiger partial charge in [-0.25, -0.2) is 0 Å². The van der Waals surface area contributed by atoms with Crippen molar-refractivity contribution in [3.63, 3.8) is 0 Å². The van der Waals surface area contributed by atoms with Gasteiger partial charge in [-0.05, 0) is 25.2 Å². The molecule has 7 heteroatoms. The molecule has 20 heavy (non-hydrogen) atoms. The number of nitrogens with zero attached hydrogens (tertiary/aromatic N) is 2. The van der Waals surface area contributed by atoms with Gasteiger partial charge in [0.1, 0.15) is 11.4 Å². The van der Waals surface area contributed by atoms with E-state index in [2.05, 4.69) is 10.3 Å². The van der Waals surface area contributed by atoms with E-state index in [0.717, 1.165) is 10.7 Å². The predicted octanol–water partition coefficient (Wildman–Crippen LogP) is 4.21. The Labute approximate surface area is 129 Å². The van der Waals surface area contributed by atoms with E-state index in [0.29, 0.717) is 28.2 Å². The van der Waals surface area contributed by atoms with Crippen molar-refractivity contribution in [2.45, 2.75) is 6.54 Å². The van der Waals surface area contributed by atoms with Gasteiger partial charge in [0.2, 0.25) is 5.88 Å². The first-order valence-corrected chi connectivity index (χ1v) is 7.54. The summed E-state index contributed by atoms with van der Waals surface area (Å²) in [5, 5.41) is 6.16. The Hall–Kier alpha value is -1.27. The van der Waals surface area contributed by atoms with Crippen molar-refractivity contribution < 1.29 is 4.74 Å². The fourth-order valence-electron chi connectivity index (χ4n) is 1.92. The molecule has 2 heterocycles. The summed E-state index contributed by atoms with van der Waals surface area (Å²) in [6, 6.07) is 5.09. The van der Waals surface area contributed by atoms with E-state index in [4.69, 9.17) is 27.9 Å². The van der Waals surface area contributed by atoms with E-state index >= 15 is 0 Å². The number of aromatic nitrogens is 2. The van der Waals surface area contributed by atoms with Gasteiger partial charge >= 0.3 is 0 Å². The number of nitrogens with one attached hydrogen (secondary N) is 1. The van der Waals surface area contributed by atoms with Crippen molar-refractivity contribution in [3.8, 4) is 11.6 Å². The number of benzene rings is 1. The lowest BCUT2D eigenvalue weighted by atomic mass is 10.3. The van der Waals surface area contributed by atoms with Crippen LogP contribution in [-0.4, -0.2) is 16.4 Å². The molecule has 0 aliphatic carbocycles. The van der Waals surface area contributed by atoms with Crippen LogP contribution in [-0.2, 0) is 6.54 Å². The number of hydrogen-bond donors (Lipinski definition) is 1. The van der Waals surface area contributed by atoms with E-state index in [1.54, 1.807) is 29.5 Å². The van der Waals surface area contributed by atoms with Gasteiger partial charge in [-0.2, -0.15) is 4.98 Å². The second-order valence-corrected chi connectivity index (χ2v) is 5.90. The molecule has 3 aromatic rings. The second-order valence-electron chi connectivity index (χ2n) is 4.16. The summed E-state index contributed by atoms with van der Waals surface area (Å²) in [5.41, 5.74) is 0.958. The Morgan fingerprint density at radius 3 is 2.75 bits per heavy atom. The first-order valence-electron chi connectivity index (χ1n) is 5.90. The highest BCUT2D eigenvalue weighted by Gasteiger charge is 2.15. The van der Waals surface area contributed by atoms with E-state index in [9.17, 15) is 0 Å². The van der Waals surface area contributed by atoms with E-state index in [1.807, 2.05) is 23.0 Å². The van der Waals surface area contributed by atoms with Gasteiger partial charge < -0.3 is 10.1 Å². The van der Waals surface area contributed by atoms with Crippen molar-refractivity contribution in [2.75, 3.05) is 7.05 Å². The lowest BCUT2D eigenvalue weighted by molar-refractivity contribution is 0.457. The molecule has 0 atom stereocenters. The molecule has 0 spiro atoms. The largest absolute Gasteiger partial charge is 0.437 e. The minimum absolute atomic E-state index is 0.531. The Morgan fingerprint density at radius 2 is 2.05 bits per heavy atom. The summed E-state index contributed by atoms with van der Waals surface area (Å²) < 4.78 is 7.84. The third-order valence-corrected chi connectivity index (χ3v) is 3.91. The van der Waals surface area contributed by atoms with Gasteiger partial charge in [0.25, 0.3) is 0 Å². The van der Waals surface area contributed by atoms with Crippen LogP contribution in [0, 0.1) is 0 Å². The molecule has 0 aliphatic heterocycles. The van der Waals surface area contributed by atoms with Crippen LogP contribution in [0.15, 0.2) is 29.8 Å². The number of fused-ring (bicyclic) bond motifs is 1. The predicted molar refractivity (Wildman–Crippen MR) is 82.4 cm³/mol. The number of imidazole rings is 1. The van der Waals surface area contributed by atoms with Gasteiger partial charge in [-0.1, -0.05) is 23.2 Å². The van der Waals surface area contributed by atoms with Crippen molar-refractivity contribution in [1.82, 2.24) is 14.7 Å². The summed E-state index contributed by atoms with van der Waals surface area (Å²) in [6.45, 7) is 0.654. The second kappa shape index (κ2) is 5.61. The van der Waals surface area contributed by atoms with Crippen LogP contribution in [0.4, 0.5) is 0 Å². The molecule has 2 aromatic heterocycles. The molecule has 0 fully saturated rings. The maximum atomic E-state index is 5.97. The molecule has 3 rings (SSSR count). The fraction of sp³-hybridized carbons (Fsp3) is 0.154. The summed E-state index contributed by atoms with van der Waals surface area (Å²) in [7, 11) is 1.88. The highest BCUT2D eigenvalue weighted by molar-refractivity contribution is 7.15. The molecule has 0 bridgehead atoms. The summed E-state index contributed by atoms with van der Waals surface area (Å²) >= 11 is 13.5.